The predicted molar refractivity (Wildman–Crippen MR) is 93.5 cm³/mol. The smallest absolute Gasteiger partial charge is 0.207 e. The van der Waals surface area contributed by atoms with Gasteiger partial charge in [0.1, 0.15) is 0 Å². The zero-order chi connectivity index (χ0) is 15.8. The summed E-state index contributed by atoms with van der Waals surface area (Å²) in [5, 5.41) is 2.90. The Morgan fingerprint density at radius 1 is 1.38 bits per heavy atom. The molecule has 1 aromatic carbocycles. The fourth-order valence-corrected chi connectivity index (χ4v) is 3.00. The van der Waals surface area contributed by atoms with E-state index in [0.717, 1.165) is 34.6 Å². The molecule has 0 saturated heterocycles. The second kappa shape index (κ2) is 8.67. The summed E-state index contributed by atoms with van der Waals surface area (Å²) in [5.74, 6) is 0.524. The number of benzene rings is 1. The van der Waals surface area contributed by atoms with Gasteiger partial charge < -0.3 is 5.32 Å². The molecule has 114 valence electrons. The van der Waals surface area contributed by atoms with Crippen molar-refractivity contribution in [1.82, 2.24) is 5.32 Å². The Kier molecular flexibility index (Phi) is 7.23. The third-order valence-electron chi connectivity index (χ3n) is 3.32. The number of amides is 1. The predicted octanol–water partition coefficient (Wildman–Crippen LogP) is 4.27. The average molecular weight is 304 g/mol. The van der Waals surface area contributed by atoms with Gasteiger partial charge in [0.05, 0.1) is 11.7 Å². The Morgan fingerprint density at radius 2 is 2.00 bits per heavy atom. The van der Waals surface area contributed by atoms with E-state index in [4.69, 9.17) is 0 Å². The van der Waals surface area contributed by atoms with Crippen molar-refractivity contribution in [3.05, 3.63) is 41.1 Å². The van der Waals surface area contributed by atoms with Crippen molar-refractivity contribution in [2.24, 2.45) is 10.9 Å². The SMILES string of the molecule is C=N/C(C)=C(\SC)c1ccc(C(CC(C)C)NC=O)cc1. The summed E-state index contributed by atoms with van der Waals surface area (Å²) in [4.78, 5) is 15.9. The van der Waals surface area contributed by atoms with Gasteiger partial charge in [-0.3, -0.25) is 9.79 Å². The van der Waals surface area contributed by atoms with E-state index >= 15 is 0 Å². The average Bonchev–Trinajstić information content (AvgIpc) is 2.47. The quantitative estimate of drug-likeness (QED) is 0.575. The van der Waals surface area contributed by atoms with E-state index in [1.165, 1.54) is 0 Å². The highest BCUT2D eigenvalue weighted by atomic mass is 32.2. The first-order valence-electron chi connectivity index (χ1n) is 7.05. The van der Waals surface area contributed by atoms with Gasteiger partial charge in [0.25, 0.3) is 0 Å². The maximum atomic E-state index is 10.8. The molecule has 0 saturated carbocycles. The molecule has 1 atom stereocenters. The van der Waals surface area contributed by atoms with Crippen molar-refractivity contribution >= 4 is 29.8 Å². The number of hydrogen-bond donors (Lipinski definition) is 1. The fourth-order valence-electron chi connectivity index (χ4n) is 2.27. The van der Waals surface area contributed by atoms with Crippen LogP contribution in [0.1, 0.15) is 44.4 Å². The fraction of sp³-hybridized carbons (Fsp3) is 0.412. The molecular weight excluding hydrogens is 280 g/mol. The van der Waals surface area contributed by atoms with Gasteiger partial charge in [-0.25, -0.2) is 0 Å². The minimum atomic E-state index is 0.0666. The highest BCUT2D eigenvalue weighted by molar-refractivity contribution is 8.07. The highest BCUT2D eigenvalue weighted by Gasteiger charge is 2.13. The third kappa shape index (κ3) is 5.05. The summed E-state index contributed by atoms with van der Waals surface area (Å²) in [5.41, 5.74) is 3.19. The topological polar surface area (TPSA) is 41.5 Å². The monoisotopic (exact) mass is 304 g/mol. The second-order valence-electron chi connectivity index (χ2n) is 5.37. The van der Waals surface area contributed by atoms with Crippen molar-refractivity contribution < 1.29 is 4.79 Å². The van der Waals surface area contributed by atoms with E-state index in [1.54, 1.807) is 11.8 Å². The Balaban J connectivity index is 3.04. The molecule has 0 bridgehead atoms. The number of thioether (sulfide) groups is 1. The molecule has 1 aromatic rings. The van der Waals surface area contributed by atoms with Crippen LogP contribution in [0.15, 0.2) is 35.0 Å². The van der Waals surface area contributed by atoms with Crippen LogP contribution in [0.5, 0.6) is 0 Å². The lowest BCUT2D eigenvalue weighted by molar-refractivity contribution is -0.110. The van der Waals surface area contributed by atoms with Crippen molar-refractivity contribution in [3.8, 4) is 0 Å². The molecule has 4 heteroatoms. The lowest BCUT2D eigenvalue weighted by Crippen LogP contribution is -2.21. The lowest BCUT2D eigenvalue weighted by atomic mass is 9.96. The number of aliphatic imine (C=N–C) groups is 1. The molecule has 0 aliphatic rings. The molecule has 1 rings (SSSR count). The molecule has 1 amide bonds. The van der Waals surface area contributed by atoms with Gasteiger partial charge in [-0.15, -0.1) is 11.8 Å². The molecule has 21 heavy (non-hydrogen) atoms. The number of hydrogen-bond acceptors (Lipinski definition) is 3. The Bertz CT molecular complexity index is 506. The van der Waals surface area contributed by atoms with Gasteiger partial charge >= 0.3 is 0 Å². The summed E-state index contributed by atoms with van der Waals surface area (Å²) in [7, 11) is 0. The van der Waals surface area contributed by atoms with E-state index < -0.39 is 0 Å². The van der Waals surface area contributed by atoms with Gasteiger partial charge in [0.2, 0.25) is 6.41 Å². The molecule has 0 heterocycles. The Hall–Kier alpha value is -1.55. The Morgan fingerprint density at radius 3 is 2.43 bits per heavy atom. The normalized spacial score (nSPS) is 13.6. The first kappa shape index (κ1) is 17.5. The van der Waals surface area contributed by atoms with Gasteiger partial charge in [0.15, 0.2) is 0 Å². The summed E-state index contributed by atoms with van der Waals surface area (Å²) < 4.78 is 0. The minimum Gasteiger partial charge on any atom is -0.352 e. The van der Waals surface area contributed by atoms with E-state index in [9.17, 15) is 4.79 Å². The summed E-state index contributed by atoms with van der Waals surface area (Å²) in [6.45, 7) is 9.86. The third-order valence-corrected chi connectivity index (χ3v) is 4.26. The van der Waals surface area contributed by atoms with Crippen molar-refractivity contribution in [2.45, 2.75) is 33.2 Å². The highest BCUT2D eigenvalue weighted by Crippen LogP contribution is 2.30. The van der Waals surface area contributed by atoms with E-state index in [-0.39, 0.29) is 6.04 Å². The van der Waals surface area contributed by atoms with Crippen molar-refractivity contribution in [2.75, 3.05) is 6.26 Å². The minimum absolute atomic E-state index is 0.0666. The van der Waals surface area contributed by atoms with Crippen LogP contribution in [0.4, 0.5) is 0 Å². The molecule has 0 radical (unpaired) electrons. The number of carbonyl (C=O) groups is 1. The van der Waals surface area contributed by atoms with Crippen LogP contribution in [0.2, 0.25) is 0 Å². The van der Waals surface area contributed by atoms with Crippen LogP contribution in [-0.2, 0) is 4.79 Å². The second-order valence-corrected chi connectivity index (χ2v) is 6.18. The van der Waals surface area contributed by atoms with Crippen LogP contribution >= 0.6 is 11.8 Å². The molecule has 1 N–H and O–H groups in total. The van der Waals surface area contributed by atoms with Gasteiger partial charge in [0, 0.05) is 4.91 Å². The maximum absolute atomic E-state index is 10.8. The largest absolute Gasteiger partial charge is 0.352 e. The Labute approximate surface area is 131 Å². The number of carbonyl (C=O) groups excluding carboxylic acids is 1. The molecule has 0 spiro atoms. The molecule has 3 nitrogen and oxygen atoms in total. The molecular formula is C17H24N2OS. The number of allylic oxidation sites excluding steroid dienone is 1. The standard InChI is InChI=1S/C17H24N2OS/c1-12(2)10-16(19-11-20)14-6-8-15(9-7-14)17(21-5)13(3)18-4/h6-9,11-12,16H,4,10H2,1-3,5H3,(H,19,20)/b17-13-. The van der Waals surface area contributed by atoms with Gasteiger partial charge in [-0.1, -0.05) is 38.1 Å². The van der Waals surface area contributed by atoms with E-state index in [0.29, 0.717) is 5.92 Å². The molecule has 0 aliphatic heterocycles. The van der Waals surface area contributed by atoms with Crippen LogP contribution < -0.4 is 5.32 Å². The van der Waals surface area contributed by atoms with Crippen LogP contribution in [0.25, 0.3) is 4.91 Å². The maximum Gasteiger partial charge on any atom is 0.207 e. The van der Waals surface area contributed by atoms with Crippen molar-refractivity contribution in [3.63, 3.8) is 0 Å². The van der Waals surface area contributed by atoms with Gasteiger partial charge in [-0.05, 0) is 43.4 Å². The van der Waals surface area contributed by atoms with E-state index in [2.05, 4.69) is 55.1 Å². The summed E-state index contributed by atoms with van der Waals surface area (Å²) in [6.07, 6.45) is 3.74. The summed E-state index contributed by atoms with van der Waals surface area (Å²) >= 11 is 1.66. The zero-order valence-electron chi connectivity index (χ0n) is 13.2. The number of rotatable bonds is 8. The molecule has 0 fully saturated rings. The van der Waals surface area contributed by atoms with Crippen LogP contribution in [0.3, 0.4) is 0 Å². The van der Waals surface area contributed by atoms with Crippen molar-refractivity contribution in [1.29, 1.82) is 0 Å². The van der Waals surface area contributed by atoms with E-state index in [1.807, 2.05) is 13.2 Å². The molecule has 1 unspecified atom stereocenters. The summed E-state index contributed by atoms with van der Waals surface area (Å²) in [6, 6.07) is 8.37. The first-order chi connectivity index (χ1) is 10.0. The molecule has 0 aliphatic carbocycles. The number of nitrogens with zero attached hydrogens (tertiary/aromatic N) is 1. The molecule has 0 aromatic heterocycles. The number of nitrogens with one attached hydrogen (secondary N) is 1. The van der Waals surface area contributed by atoms with Crippen LogP contribution in [-0.4, -0.2) is 19.4 Å². The first-order valence-corrected chi connectivity index (χ1v) is 8.27. The zero-order valence-corrected chi connectivity index (χ0v) is 14.0. The van der Waals surface area contributed by atoms with Gasteiger partial charge in [-0.2, -0.15) is 0 Å². The lowest BCUT2D eigenvalue weighted by Gasteiger charge is -2.19. The van der Waals surface area contributed by atoms with Crippen LogP contribution in [0, 0.1) is 5.92 Å².